The van der Waals surface area contributed by atoms with Crippen molar-refractivity contribution in [3.8, 4) is 0 Å². The summed E-state index contributed by atoms with van der Waals surface area (Å²) < 4.78 is 51.3. The highest BCUT2D eigenvalue weighted by Gasteiger charge is 2.39. The summed E-state index contributed by atoms with van der Waals surface area (Å²) in [6.07, 6.45) is -2.56. The van der Waals surface area contributed by atoms with Crippen molar-refractivity contribution in [2.75, 3.05) is 0 Å². The third-order valence-corrected chi connectivity index (χ3v) is 3.08. The van der Waals surface area contributed by atoms with Gasteiger partial charge in [0.1, 0.15) is 5.82 Å². The van der Waals surface area contributed by atoms with Crippen molar-refractivity contribution >= 4 is 17.4 Å². The molecule has 2 rings (SSSR count). The molecule has 106 valence electrons. The molecule has 2 aromatic rings. The van der Waals surface area contributed by atoms with E-state index in [1.54, 1.807) is 6.07 Å². The van der Waals surface area contributed by atoms with Crippen molar-refractivity contribution < 1.29 is 22.4 Å². The topological polar surface area (TPSA) is 22.0 Å². The molecular formula is C13H8ClF4NO. The van der Waals surface area contributed by atoms with Gasteiger partial charge in [0.15, 0.2) is 0 Å². The lowest BCUT2D eigenvalue weighted by Crippen LogP contribution is -2.22. The predicted octanol–water partition coefficient (Wildman–Crippen LogP) is 4.07. The first-order valence-corrected chi connectivity index (χ1v) is 5.87. The molecule has 0 unspecified atom stereocenters. The second kappa shape index (κ2) is 5.28. The molecule has 2 nitrogen and oxygen atoms in total. The zero-order valence-electron chi connectivity index (χ0n) is 9.92. The van der Waals surface area contributed by atoms with Gasteiger partial charge in [0, 0.05) is 24.5 Å². The van der Waals surface area contributed by atoms with Crippen molar-refractivity contribution in [3.05, 3.63) is 58.6 Å². The molecule has 20 heavy (non-hydrogen) atoms. The molecule has 0 saturated carbocycles. The summed E-state index contributed by atoms with van der Waals surface area (Å²) in [6.45, 7) is 0.0712. The minimum atomic E-state index is -4.91. The zero-order chi connectivity index (χ0) is 14.9. The standard InChI is InChI=1S/C13H8ClF4NO/c14-11-8(2-1-3-10(11)15)6-19-5-4-9(7-19)12(20)13(16,17)18/h1-5,7H,6H2. The molecule has 0 saturated heterocycles. The number of carbonyl (C=O) groups excluding carboxylic acids is 1. The molecule has 0 N–H and O–H groups in total. The lowest BCUT2D eigenvalue weighted by molar-refractivity contribution is -0.0885. The van der Waals surface area contributed by atoms with Crippen LogP contribution in [0.15, 0.2) is 36.7 Å². The Hall–Kier alpha value is -1.82. The number of hydrogen-bond donors (Lipinski definition) is 0. The lowest BCUT2D eigenvalue weighted by atomic mass is 10.2. The molecular weight excluding hydrogens is 298 g/mol. The predicted molar refractivity (Wildman–Crippen MR) is 65.3 cm³/mol. The van der Waals surface area contributed by atoms with Gasteiger partial charge < -0.3 is 4.57 Å². The van der Waals surface area contributed by atoms with E-state index in [4.69, 9.17) is 11.6 Å². The zero-order valence-corrected chi connectivity index (χ0v) is 10.7. The third kappa shape index (κ3) is 3.01. The van der Waals surface area contributed by atoms with Crippen molar-refractivity contribution in [2.24, 2.45) is 0 Å². The van der Waals surface area contributed by atoms with Crippen molar-refractivity contribution in [3.63, 3.8) is 0 Å². The van der Waals surface area contributed by atoms with Crippen LogP contribution in [0.2, 0.25) is 5.02 Å². The van der Waals surface area contributed by atoms with Gasteiger partial charge >= 0.3 is 6.18 Å². The van der Waals surface area contributed by atoms with E-state index in [2.05, 4.69) is 0 Å². The Balaban J connectivity index is 2.22. The van der Waals surface area contributed by atoms with Crippen LogP contribution in [0.25, 0.3) is 0 Å². The highest BCUT2D eigenvalue weighted by molar-refractivity contribution is 6.31. The van der Waals surface area contributed by atoms with E-state index >= 15 is 0 Å². The smallest absolute Gasteiger partial charge is 0.349 e. The Kier molecular flexibility index (Phi) is 3.85. The normalized spacial score (nSPS) is 11.7. The molecule has 0 aliphatic rings. The van der Waals surface area contributed by atoms with E-state index in [0.29, 0.717) is 5.56 Å². The van der Waals surface area contributed by atoms with Crippen LogP contribution in [-0.4, -0.2) is 16.5 Å². The Morgan fingerprint density at radius 3 is 2.60 bits per heavy atom. The second-order valence-corrected chi connectivity index (χ2v) is 4.49. The van der Waals surface area contributed by atoms with Gasteiger partial charge in [-0.2, -0.15) is 13.2 Å². The Labute approximate surface area is 116 Å². The monoisotopic (exact) mass is 305 g/mol. The van der Waals surface area contributed by atoms with Gasteiger partial charge in [-0.3, -0.25) is 4.79 Å². The van der Waals surface area contributed by atoms with E-state index in [1.165, 1.54) is 22.9 Å². The first-order valence-electron chi connectivity index (χ1n) is 5.49. The maximum Gasteiger partial charge on any atom is 0.454 e. The third-order valence-electron chi connectivity index (χ3n) is 2.65. The number of carbonyl (C=O) groups is 1. The molecule has 7 heteroatoms. The number of halogens is 5. The van der Waals surface area contributed by atoms with Gasteiger partial charge in [-0.1, -0.05) is 23.7 Å². The summed E-state index contributed by atoms with van der Waals surface area (Å²) >= 11 is 5.75. The molecule has 0 aliphatic carbocycles. The van der Waals surface area contributed by atoms with Crippen LogP contribution < -0.4 is 0 Å². The highest BCUT2D eigenvalue weighted by Crippen LogP contribution is 2.23. The Morgan fingerprint density at radius 1 is 1.25 bits per heavy atom. The van der Waals surface area contributed by atoms with Crippen LogP contribution in [-0.2, 0) is 6.54 Å². The van der Waals surface area contributed by atoms with Crippen LogP contribution in [0, 0.1) is 5.82 Å². The van der Waals surface area contributed by atoms with Crippen LogP contribution in [0.1, 0.15) is 15.9 Å². The number of alkyl halides is 3. The summed E-state index contributed by atoms with van der Waals surface area (Å²) in [4.78, 5) is 11.0. The summed E-state index contributed by atoms with van der Waals surface area (Å²) in [5.74, 6) is -2.52. The molecule has 0 radical (unpaired) electrons. The molecule has 1 heterocycles. The van der Waals surface area contributed by atoms with Gasteiger partial charge in [-0.05, 0) is 17.7 Å². The van der Waals surface area contributed by atoms with Gasteiger partial charge in [0.25, 0.3) is 5.78 Å². The molecule has 0 atom stereocenters. The van der Waals surface area contributed by atoms with Crippen LogP contribution >= 0.6 is 11.6 Å². The van der Waals surface area contributed by atoms with Gasteiger partial charge in [0.05, 0.1) is 5.02 Å². The molecule has 0 fully saturated rings. The quantitative estimate of drug-likeness (QED) is 0.619. The number of rotatable bonds is 3. The number of hydrogen-bond acceptors (Lipinski definition) is 1. The Bertz CT molecular complexity index is 648. The van der Waals surface area contributed by atoms with E-state index in [0.717, 1.165) is 12.3 Å². The van der Waals surface area contributed by atoms with E-state index in [-0.39, 0.29) is 11.6 Å². The fourth-order valence-corrected chi connectivity index (χ4v) is 1.89. The average Bonchev–Trinajstić information content (AvgIpc) is 2.81. The summed E-state index contributed by atoms with van der Waals surface area (Å²) in [5.41, 5.74) is -0.0571. The van der Waals surface area contributed by atoms with Crippen LogP contribution in [0.4, 0.5) is 17.6 Å². The van der Waals surface area contributed by atoms with Gasteiger partial charge in [-0.25, -0.2) is 4.39 Å². The maximum atomic E-state index is 13.2. The lowest BCUT2D eigenvalue weighted by Gasteiger charge is -2.06. The highest BCUT2D eigenvalue weighted by atomic mass is 35.5. The van der Waals surface area contributed by atoms with E-state index < -0.39 is 23.3 Å². The molecule has 0 amide bonds. The van der Waals surface area contributed by atoms with Gasteiger partial charge in [-0.15, -0.1) is 0 Å². The summed E-state index contributed by atoms with van der Waals surface area (Å²) in [6, 6.07) is 5.24. The number of aromatic nitrogens is 1. The van der Waals surface area contributed by atoms with Crippen LogP contribution in [0.5, 0.6) is 0 Å². The number of ketones is 1. The minimum absolute atomic E-state index is 0.0712. The first-order chi connectivity index (χ1) is 9.29. The van der Waals surface area contributed by atoms with Crippen molar-refractivity contribution in [1.29, 1.82) is 0 Å². The summed E-state index contributed by atoms with van der Waals surface area (Å²) in [7, 11) is 0. The van der Waals surface area contributed by atoms with Gasteiger partial charge in [0.2, 0.25) is 0 Å². The molecule has 1 aromatic carbocycles. The summed E-state index contributed by atoms with van der Waals surface area (Å²) in [5, 5.41) is -0.0927. The first kappa shape index (κ1) is 14.6. The van der Waals surface area contributed by atoms with Crippen molar-refractivity contribution in [1.82, 2.24) is 4.57 Å². The number of Topliss-reactive ketones (excluding diaryl/α,β-unsaturated/α-hetero) is 1. The van der Waals surface area contributed by atoms with E-state index in [9.17, 15) is 22.4 Å². The molecule has 0 spiro atoms. The average molecular weight is 306 g/mol. The number of nitrogens with zero attached hydrogens (tertiary/aromatic N) is 1. The fourth-order valence-electron chi connectivity index (χ4n) is 1.70. The minimum Gasteiger partial charge on any atom is -0.349 e. The molecule has 1 aromatic heterocycles. The van der Waals surface area contributed by atoms with E-state index in [1.807, 2.05) is 0 Å². The SMILES string of the molecule is O=C(c1ccn(Cc2cccc(F)c2Cl)c1)C(F)(F)F. The van der Waals surface area contributed by atoms with Crippen molar-refractivity contribution in [2.45, 2.75) is 12.7 Å². The Morgan fingerprint density at radius 2 is 1.95 bits per heavy atom. The molecule has 0 bridgehead atoms. The second-order valence-electron chi connectivity index (χ2n) is 4.11. The molecule has 0 aliphatic heterocycles. The van der Waals surface area contributed by atoms with Crippen LogP contribution in [0.3, 0.4) is 0 Å². The maximum absolute atomic E-state index is 13.2. The fraction of sp³-hybridized carbons (Fsp3) is 0.154. The largest absolute Gasteiger partial charge is 0.454 e. The number of benzene rings is 1.